The molecule has 0 fully saturated rings. The first-order chi connectivity index (χ1) is 36.2. The molecule has 1 aromatic heterocycles. The van der Waals surface area contributed by atoms with Crippen molar-refractivity contribution >= 4 is 65.5 Å². The van der Waals surface area contributed by atoms with E-state index in [1.807, 2.05) is 12.1 Å². The Morgan fingerprint density at radius 1 is 0.792 bits per heavy atom. The largest absolute Gasteiger partial charge is 0.481 e. The molecule has 0 bridgehead atoms. The van der Waals surface area contributed by atoms with Crippen LogP contribution in [0.4, 0.5) is 8.78 Å². The highest BCUT2D eigenvalue weighted by molar-refractivity contribution is 5.94. The Morgan fingerprint density at radius 3 is 2.03 bits per heavy atom. The fourth-order valence-electron chi connectivity index (χ4n) is 8.31. The minimum Gasteiger partial charge on any atom is -0.481 e. The number of aromatic nitrogens is 1. The number of primary amides is 1. The Bertz CT molecular complexity index is 2610. The van der Waals surface area contributed by atoms with E-state index in [1.54, 1.807) is 55.8 Å². The van der Waals surface area contributed by atoms with Crippen molar-refractivity contribution in [2.45, 2.75) is 115 Å². The summed E-state index contributed by atoms with van der Waals surface area (Å²) >= 11 is 0. The Balaban J connectivity index is 2.11. The van der Waals surface area contributed by atoms with Crippen molar-refractivity contribution in [3.8, 4) is 11.1 Å². The predicted molar refractivity (Wildman–Crippen MR) is 270 cm³/mol. The smallest absolute Gasteiger partial charge is 0.326 e. The van der Waals surface area contributed by atoms with Gasteiger partial charge in [-0.1, -0.05) is 51.1 Å². The average Bonchev–Trinajstić information content (AvgIpc) is 3.76. The molecule has 0 unspecified atom stereocenters. The van der Waals surface area contributed by atoms with Gasteiger partial charge >= 0.3 is 17.9 Å². The van der Waals surface area contributed by atoms with E-state index < -0.39 is 171 Å². The second-order valence-electron chi connectivity index (χ2n) is 19.2. The molecule has 0 spiro atoms. The maximum Gasteiger partial charge on any atom is 0.326 e. The topological polar surface area (TPSA) is 375 Å². The van der Waals surface area contributed by atoms with Crippen LogP contribution in [0.2, 0.25) is 0 Å². The van der Waals surface area contributed by atoms with E-state index in [0.717, 1.165) is 23.8 Å². The lowest BCUT2D eigenvalue weighted by molar-refractivity contribution is -0.143. The monoisotopic (exact) mass is 1080 g/mol. The maximum atomic E-state index is 15.4. The van der Waals surface area contributed by atoms with E-state index >= 15 is 4.39 Å². The molecule has 2 aromatic carbocycles. The van der Waals surface area contributed by atoms with Crippen molar-refractivity contribution in [1.29, 1.82) is 0 Å². The summed E-state index contributed by atoms with van der Waals surface area (Å²) < 4.78 is 31.7. The van der Waals surface area contributed by atoms with E-state index in [1.165, 1.54) is 11.9 Å². The molecular formula is C51H67F2N9O15. The van der Waals surface area contributed by atoms with Gasteiger partial charge in [0.2, 0.25) is 41.4 Å². The van der Waals surface area contributed by atoms with Crippen LogP contribution in [0, 0.1) is 17.0 Å². The number of benzene rings is 2. The first-order valence-electron chi connectivity index (χ1n) is 24.4. The Kier molecular flexibility index (Phi) is 24.5. The van der Waals surface area contributed by atoms with Crippen molar-refractivity contribution in [2.75, 3.05) is 33.3 Å². The van der Waals surface area contributed by atoms with Crippen LogP contribution in [-0.2, 0) is 59.3 Å². The molecule has 24 nitrogen and oxygen atoms in total. The maximum absolute atomic E-state index is 15.4. The molecule has 0 radical (unpaired) electrons. The third-order valence-electron chi connectivity index (χ3n) is 12.0. The molecule has 5 atom stereocenters. The lowest BCUT2D eigenvalue weighted by Gasteiger charge is -2.41. The Hall–Kier alpha value is -8.13. The van der Waals surface area contributed by atoms with Crippen molar-refractivity contribution < 1.29 is 81.9 Å². The molecule has 77 heavy (non-hydrogen) atoms. The number of amides is 7. The van der Waals surface area contributed by atoms with Crippen molar-refractivity contribution in [2.24, 2.45) is 11.1 Å². The SMILES string of the molecule is CNC(=O)CCCC(=O)N[C@@H](CC(=O)O)C(=O)N[C@@](C=O)(CN[C@@H](CCN(C(=O)CO)[C@@H](c1cc(-c2cc(F)ccc2F)cn1Cc1ccccc1)C(C)(C)C)C(=O)NCCC(=O)N[C@H](CCC(=O)O)C(=O)O)CC(N)=O. The van der Waals surface area contributed by atoms with Crippen LogP contribution in [-0.4, -0.2) is 152 Å². The van der Waals surface area contributed by atoms with Gasteiger partial charge < -0.3 is 72.3 Å². The van der Waals surface area contributed by atoms with Gasteiger partial charge in [0.15, 0.2) is 0 Å². The highest BCUT2D eigenvalue weighted by Crippen LogP contribution is 2.41. The number of halogens is 2. The predicted octanol–water partition coefficient (Wildman–Crippen LogP) is 0.484. The molecule has 3 rings (SSSR count). The van der Waals surface area contributed by atoms with E-state index in [4.69, 9.17) is 10.8 Å². The molecule has 0 saturated carbocycles. The molecule has 0 aliphatic carbocycles. The van der Waals surface area contributed by atoms with Gasteiger partial charge in [0, 0.05) is 81.9 Å². The average molecular weight is 1080 g/mol. The number of aliphatic hydroxyl groups excluding tert-OH is 1. The number of carboxylic acids is 3. The van der Waals surface area contributed by atoms with Crippen molar-refractivity contribution in [3.63, 3.8) is 0 Å². The van der Waals surface area contributed by atoms with Crippen LogP contribution in [0.3, 0.4) is 0 Å². The molecule has 1 heterocycles. The Morgan fingerprint density at radius 2 is 1.44 bits per heavy atom. The third-order valence-corrected chi connectivity index (χ3v) is 12.0. The zero-order valence-corrected chi connectivity index (χ0v) is 43.1. The second kappa shape index (κ2) is 29.8. The summed E-state index contributed by atoms with van der Waals surface area (Å²) in [5.74, 6) is -12.3. The van der Waals surface area contributed by atoms with E-state index in [2.05, 4.69) is 31.9 Å². The standard InChI is InChI=1S/C51H67F2N9O15/c1-50(2,3)46(38-21-31(33-22-32(52)13-14-34(33)53)26-61(38)25-30-9-6-5-7-10-30)62(43(69)27-63)20-18-35(47(74)56-19-17-42(68)58-36(49(76)77)15-16-44(70)71)57-28-51(29-64,24-39(54)65)60-48(75)37(23-45(72)73)59-41(67)12-8-11-40(66)55-4/h5-7,9-10,13-14,21-22,26,29,35-37,46,57,63H,8,11-12,15-20,23-25,27-28H2,1-4H3,(H2,54,65)(H,55,66)(H,56,74)(H,58,68)(H,59,67)(H,60,75)(H,70,71)(H,72,73)(H,76,77)/t35-,36+,37-,46-,51+/m0/s1. The molecule has 3 aromatic rings. The number of hydrogen-bond acceptors (Lipinski definition) is 13. The summed E-state index contributed by atoms with van der Waals surface area (Å²) in [4.78, 5) is 141. The zero-order chi connectivity index (χ0) is 57.6. The van der Waals surface area contributed by atoms with Gasteiger partial charge in [-0.2, -0.15) is 0 Å². The van der Waals surface area contributed by atoms with Crippen molar-refractivity contribution in [1.82, 2.24) is 41.4 Å². The number of carbonyl (C=O) groups is 11. The number of nitrogens with two attached hydrogens (primary N) is 1. The first-order valence-corrected chi connectivity index (χ1v) is 24.4. The van der Waals surface area contributed by atoms with Gasteiger partial charge in [0.1, 0.15) is 42.2 Å². The van der Waals surface area contributed by atoms with Gasteiger partial charge in [0.05, 0.1) is 24.9 Å². The fourth-order valence-corrected chi connectivity index (χ4v) is 8.31. The van der Waals surface area contributed by atoms with Gasteiger partial charge in [-0.05, 0) is 54.5 Å². The molecular weight excluding hydrogens is 1020 g/mol. The minimum absolute atomic E-state index is 0.00868. The van der Waals surface area contributed by atoms with Crippen LogP contribution < -0.4 is 37.6 Å². The summed E-state index contributed by atoms with van der Waals surface area (Å²) in [6, 6.07) is 7.44. The van der Waals surface area contributed by atoms with E-state index in [9.17, 15) is 72.4 Å². The van der Waals surface area contributed by atoms with Crippen LogP contribution in [0.5, 0.6) is 0 Å². The van der Waals surface area contributed by atoms with Gasteiger partial charge in [0.25, 0.3) is 0 Å². The van der Waals surface area contributed by atoms with E-state index in [0.29, 0.717) is 5.69 Å². The molecule has 26 heteroatoms. The summed E-state index contributed by atoms with van der Waals surface area (Å²) in [5, 5.41) is 53.0. The fraction of sp³-hybridized carbons (Fsp3) is 0.471. The van der Waals surface area contributed by atoms with Crippen molar-refractivity contribution in [3.05, 3.63) is 83.7 Å². The number of carbonyl (C=O) groups excluding carboxylic acids is 8. The highest BCUT2D eigenvalue weighted by Gasteiger charge is 2.40. The summed E-state index contributed by atoms with van der Waals surface area (Å²) in [6.07, 6.45) is -2.75. The second-order valence-corrected chi connectivity index (χ2v) is 19.2. The normalized spacial score (nSPS) is 13.5. The van der Waals surface area contributed by atoms with Crippen LogP contribution in [0.15, 0.2) is 60.8 Å². The number of aliphatic carboxylic acids is 3. The number of carboxylic acid groups (broad SMARTS) is 3. The number of nitrogens with zero attached hydrogens (tertiary/aromatic N) is 2. The minimum atomic E-state index is -2.38. The van der Waals surface area contributed by atoms with Crippen LogP contribution in [0.1, 0.15) is 95.9 Å². The lowest BCUT2D eigenvalue weighted by atomic mass is 9.82. The summed E-state index contributed by atoms with van der Waals surface area (Å²) in [5.41, 5.74) is 3.48. The molecule has 0 saturated heterocycles. The number of rotatable bonds is 33. The van der Waals surface area contributed by atoms with Crippen LogP contribution in [0.25, 0.3) is 11.1 Å². The van der Waals surface area contributed by atoms with Gasteiger partial charge in [-0.25, -0.2) is 13.6 Å². The molecule has 0 aliphatic heterocycles. The summed E-state index contributed by atoms with van der Waals surface area (Å²) in [7, 11) is 1.38. The quantitative estimate of drug-likeness (QED) is 0.0370. The van der Waals surface area contributed by atoms with Crippen LogP contribution >= 0.6 is 0 Å². The zero-order valence-electron chi connectivity index (χ0n) is 43.1. The molecule has 0 aliphatic rings. The molecule has 7 amide bonds. The number of aldehydes is 1. The van der Waals surface area contributed by atoms with Gasteiger partial charge in [-0.15, -0.1) is 0 Å². The van der Waals surface area contributed by atoms with Gasteiger partial charge in [-0.3, -0.25) is 43.2 Å². The first kappa shape index (κ1) is 63.2. The highest BCUT2D eigenvalue weighted by atomic mass is 19.1. The third kappa shape index (κ3) is 20.5. The summed E-state index contributed by atoms with van der Waals surface area (Å²) in [6.45, 7) is 2.64. The number of nitrogens with one attached hydrogen (secondary N) is 6. The lowest BCUT2D eigenvalue weighted by Crippen LogP contribution is -2.63. The number of aliphatic hydroxyl groups is 1. The Labute approximate surface area is 441 Å². The molecule has 12 N–H and O–H groups in total. The molecule has 420 valence electrons. The van der Waals surface area contributed by atoms with E-state index in [-0.39, 0.29) is 43.2 Å². The number of hydrogen-bond donors (Lipinski definition) is 11.